The van der Waals surface area contributed by atoms with Crippen molar-refractivity contribution in [1.29, 1.82) is 0 Å². The van der Waals surface area contributed by atoms with Crippen molar-refractivity contribution in [2.24, 2.45) is 4.99 Å². The number of pyridine rings is 1. The lowest BCUT2D eigenvalue weighted by atomic mass is 9.90. The second-order valence-electron chi connectivity index (χ2n) is 9.91. The van der Waals surface area contributed by atoms with Crippen LogP contribution < -0.4 is 5.32 Å². The number of benzene rings is 2. The molecule has 2 aliphatic rings. The van der Waals surface area contributed by atoms with Crippen LogP contribution in [0.1, 0.15) is 47.3 Å². The van der Waals surface area contributed by atoms with E-state index in [2.05, 4.69) is 22.4 Å². The molecular weight excluding hydrogens is 520 g/mol. The number of aliphatic imine (C=N–C) groups is 1. The van der Waals surface area contributed by atoms with E-state index in [1.165, 1.54) is 11.8 Å². The fraction of sp³-hybridized carbons (Fsp3) is 0.250. The summed E-state index contributed by atoms with van der Waals surface area (Å²) < 4.78 is 5.81. The first kappa shape index (κ1) is 27.4. The summed E-state index contributed by atoms with van der Waals surface area (Å²) in [5, 5.41) is 5.72. The van der Waals surface area contributed by atoms with Crippen molar-refractivity contribution >= 4 is 28.8 Å². The molecule has 0 saturated heterocycles. The molecule has 0 radical (unpaired) electrons. The number of thioether (sulfide) groups is 1. The van der Waals surface area contributed by atoms with E-state index in [9.17, 15) is 9.59 Å². The largest absolute Gasteiger partial charge is 0.457 e. The molecule has 8 heteroatoms. The molecule has 2 aromatic carbocycles. The van der Waals surface area contributed by atoms with Crippen LogP contribution in [0.2, 0.25) is 0 Å². The van der Waals surface area contributed by atoms with E-state index in [1.807, 2.05) is 85.7 Å². The van der Waals surface area contributed by atoms with Gasteiger partial charge in [-0.1, -0.05) is 71.9 Å². The van der Waals surface area contributed by atoms with Gasteiger partial charge in [0.2, 0.25) is 5.91 Å². The zero-order chi connectivity index (χ0) is 28.1. The number of nitrogens with one attached hydrogen (secondary N) is 1. The van der Waals surface area contributed by atoms with E-state index in [4.69, 9.17) is 9.73 Å². The lowest BCUT2D eigenvalue weighted by Crippen LogP contribution is -2.38. The Morgan fingerprint density at radius 1 is 1.02 bits per heavy atom. The van der Waals surface area contributed by atoms with Gasteiger partial charge in [0.05, 0.1) is 23.7 Å². The van der Waals surface area contributed by atoms with Gasteiger partial charge in [0.25, 0.3) is 0 Å². The lowest BCUT2D eigenvalue weighted by molar-refractivity contribution is -0.141. The zero-order valence-electron chi connectivity index (χ0n) is 22.9. The first-order chi connectivity index (χ1) is 19.4. The summed E-state index contributed by atoms with van der Waals surface area (Å²) >= 11 is 1.47. The molecule has 0 saturated carbocycles. The van der Waals surface area contributed by atoms with Gasteiger partial charge in [-0.2, -0.15) is 0 Å². The van der Waals surface area contributed by atoms with E-state index in [-0.39, 0.29) is 18.9 Å². The highest BCUT2D eigenvalue weighted by Crippen LogP contribution is 2.45. The van der Waals surface area contributed by atoms with Gasteiger partial charge in [-0.25, -0.2) is 9.79 Å². The highest BCUT2D eigenvalue weighted by atomic mass is 32.2. The van der Waals surface area contributed by atoms with Crippen LogP contribution in [-0.2, 0) is 27.4 Å². The SMILES string of the molecule is CC1=C(C(=O)OCc2ccccc2)[C@@H](c2ccc(C)cc2C)N2C(CC(=O)NCCc3ccccn3)=CSC2=N1. The molecule has 1 amide bonds. The summed E-state index contributed by atoms with van der Waals surface area (Å²) in [5.41, 5.74) is 6.92. The number of rotatable bonds is 9. The van der Waals surface area contributed by atoms with Crippen molar-refractivity contribution in [2.45, 2.75) is 46.3 Å². The molecule has 0 aliphatic carbocycles. The molecule has 2 aliphatic heterocycles. The minimum atomic E-state index is -0.459. The van der Waals surface area contributed by atoms with Crippen LogP contribution >= 0.6 is 11.8 Å². The number of aromatic nitrogens is 1. The van der Waals surface area contributed by atoms with Gasteiger partial charge >= 0.3 is 5.97 Å². The van der Waals surface area contributed by atoms with Crippen LogP contribution in [0.25, 0.3) is 0 Å². The Bertz CT molecular complexity index is 1500. The van der Waals surface area contributed by atoms with Crippen LogP contribution in [-0.4, -0.2) is 33.5 Å². The number of aryl methyl sites for hydroxylation is 2. The van der Waals surface area contributed by atoms with E-state index in [1.54, 1.807) is 6.20 Å². The van der Waals surface area contributed by atoms with Crippen LogP contribution in [0.3, 0.4) is 0 Å². The Morgan fingerprint density at radius 2 is 1.82 bits per heavy atom. The highest BCUT2D eigenvalue weighted by molar-refractivity contribution is 8.16. The number of allylic oxidation sites excluding steroid dienone is 1. The van der Waals surface area contributed by atoms with Gasteiger partial charge in [-0.15, -0.1) is 0 Å². The fourth-order valence-corrected chi connectivity index (χ4v) is 5.93. The average molecular weight is 553 g/mol. The smallest absolute Gasteiger partial charge is 0.338 e. The molecule has 3 aromatic rings. The number of hydrogen-bond acceptors (Lipinski definition) is 7. The van der Waals surface area contributed by atoms with Crippen molar-refractivity contribution in [3.8, 4) is 0 Å². The standard InChI is InChI=1S/C32H32N4O3S/c1-21-12-13-27(22(2)17-21)30-29(31(38)39-19-24-9-5-4-6-10-24)23(3)35-32-36(30)26(20-40-32)18-28(37)34-16-14-25-11-7-8-15-33-25/h4-13,15,17,20,30H,14,16,18-19H2,1-3H3,(H,34,37)/t30-/m1/s1. The molecule has 1 atom stereocenters. The van der Waals surface area contributed by atoms with Crippen molar-refractivity contribution in [1.82, 2.24) is 15.2 Å². The second kappa shape index (κ2) is 12.3. The Balaban J connectivity index is 1.39. The van der Waals surface area contributed by atoms with Crippen molar-refractivity contribution in [3.63, 3.8) is 0 Å². The Morgan fingerprint density at radius 3 is 2.58 bits per heavy atom. The quantitative estimate of drug-likeness (QED) is 0.340. The van der Waals surface area contributed by atoms with E-state index < -0.39 is 12.0 Å². The first-order valence-corrected chi connectivity index (χ1v) is 14.2. The number of carbonyl (C=O) groups excluding carboxylic acids is 2. The third-order valence-corrected chi connectivity index (χ3v) is 7.81. The number of esters is 1. The zero-order valence-corrected chi connectivity index (χ0v) is 23.7. The van der Waals surface area contributed by atoms with Crippen molar-refractivity contribution in [3.05, 3.63) is 123 Å². The highest BCUT2D eigenvalue weighted by Gasteiger charge is 2.41. The molecule has 1 aromatic heterocycles. The molecule has 5 rings (SSSR count). The van der Waals surface area contributed by atoms with Crippen LogP contribution in [0, 0.1) is 13.8 Å². The van der Waals surface area contributed by atoms with Gasteiger partial charge in [0.1, 0.15) is 6.61 Å². The van der Waals surface area contributed by atoms with Crippen molar-refractivity contribution < 1.29 is 14.3 Å². The second-order valence-corrected chi connectivity index (χ2v) is 10.7. The van der Waals surface area contributed by atoms with E-state index >= 15 is 0 Å². The van der Waals surface area contributed by atoms with Crippen LogP contribution in [0.15, 0.2) is 100 Å². The number of carbonyl (C=O) groups is 2. The maximum absolute atomic E-state index is 13.6. The fourth-order valence-electron chi connectivity index (χ4n) is 4.96. The number of fused-ring (bicyclic) bond motifs is 1. The van der Waals surface area contributed by atoms with E-state index in [0.717, 1.165) is 38.8 Å². The summed E-state index contributed by atoms with van der Waals surface area (Å²) in [5.74, 6) is -0.506. The predicted octanol–water partition coefficient (Wildman–Crippen LogP) is 5.77. The van der Waals surface area contributed by atoms with Gasteiger partial charge in [-0.05, 0) is 55.0 Å². The minimum Gasteiger partial charge on any atom is -0.457 e. The van der Waals surface area contributed by atoms with Crippen LogP contribution in [0.4, 0.5) is 0 Å². The summed E-state index contributed by atoms with van der Waals surface area (Å²) in [7, 11) is 0. The molecule has 1 N–H and O–H groups in total. The number of amides is 1. The molecule has 0 bridgehead atoms. The summed E-state index contributed by atoms with van der Waals surface area (Å²) in [6.45, 7) is 6.61. The first-order valence-electron chi connectivity index (χ1n) is 13.3. The molecule has 204 valence electrons. The molecular formula is C32H32N4O3S. The van der Waals surface area contributed by atoms with E-state index in [0.29, 0.717) is 24.2 Å². The normalized spacial score (nSPS) is 16.3. The molecule has 3 heterocycles. The third-order valence-electron chi connectivity index (χ3n) is 6.92. The van der Waals surface area contributed by atoms with Gasteiger partial charge < -0.3 is 15.0 Å². The number of amidine groups is 1. The van der Waals surface area contributed by atoms with Crippen molar-refractivity contribution in [2.75, 3.05) is 6.54 Å². The maximum Gasteiger partial charge on any atom is 0.338 e. The number of ether oxygens (including phenoxy) is 1. The summed E-state index contributed by atoms with van der Waals surface area (Å²) in [6, 6.07) is 21.1. The number of hydrogen-bond donors (Lipinski definition) is 1. The van der Waals surface area contributed by atoms with Gasteiger partial charge in [-0.3, -0.25) is 9.78 Å². The number of nitrogens with zero attached hydrogens (tertiary/aromatic N) is 3. The molecule has 40 heavy (non-hydrogen) atoms. The molecule has 0 spiro atoms. The summed E-state index contributed by atoms with van der Waals surface area (Å²) in [4.78, 5) is 37.8. The Hall–Kier alpha value is -4.17. The van der Waals surface area contributed by atoms with Gasteiger partial charge in [0, 0.05) is 30.6 Å². The third kappa shape index (κ3) is 6.18. The molecule has 0 unspecified atom stereocenters. The lowest BCUT2D eigenvalue weighted by Gasteiger charge is -2.37. The Labute approximate surface area is 239 Å². The molecule has 7 nitrogen and oxygen atoms in total. The molecule has 0 fully saturated rings. The maximum atomic E-state index is 13.6. The Kier molecular flexibility index (Phi) is 8.45. The monoisotopic (exact) mass is 552 g/mol. The van der Waals surface area contributed by atoms with Crippen LogP contribution in [0.5, 0.6) is 0 Å². The summed E-state index contributed by atoms with van der Waals surface area (Å²) in [6.07, 6.45) is 2.57. The topological polar surface area (TPSA) is 83.9 Å². The average Bonchev–Trinajstić information content (AvgIpc) is 3.34. The van der Waals surface area contributed by atoms with Gasteiger partial charge in [0.15, 0.2) is 5.17 Å². The predicted molar refractivity (Wildman–Crippen MR) is 158 cm³/mol. The minimum absolute atomic E-state index is 0.0945.